The summed E-state index contributed by atoms with van der Waals surface area (Å²) in [6.07, 6.45) is 0.341. The summed E-state index contributed by atoms with van der Waals surface area (Å²) in [4.78, 5) is 3.91. The third kappa shape index (κ3) is 4.03. The number of nitrogens with zero attached hydrogens (tertiary/aromatic N) is 1. The van der Waals surface area contributed by atoms with Crippen LogP contribution in [0.2, 0.25) is 0 Å². The number of nitrogens with one attached hydrogen (secondary N) is 1. The smallest absolute Gasteiger partial charge is 0.363 e. The second kappa shape index (κ2) is 6.32. The van der Waals surface area contributed by atoms with Crippen LogP contribution in [0.1, 0.15) is 38.2 Å². The molecule has 1 saturated carbocycles. The SMILES string of the molecule is CC1CCC(CCl)(Nc2ncc(Br)cc2C(F)(F)F)CC1. The van der Waals surface area contributed by atoms with Crippen LogP contribution in [0.25, 0.3) is 0 Å². The molecule has 0 radical (unpaired) electrons. The molecule has 1 aliphatic rings. The van der Waals surface area contributed by atoms with E-state index < -0.39 is 17.3 Å². The van der Waals surface area contributed by atoms with Gasteiger partial charge in [-0.2, -0.15) is 13.2 Å². The molecule has 0 atom stereocenters. The van der Waals surface area contributed by atoms with Crippen LogP contribution in [0.15, 0.2) is 16.7 Å². The maximum Gasteiger partial charge on any atom is 0.419 e. The quantitative estimate of drug-likeness (QED) is 0.699. The molecule has 1 aromatic heterocycles. The van der Waals surface area contributed by atoms with Crippen molar-refractivity contribution in [2.75, 3.05) is 11.2 Å². The first-order valence-electron chi connectivity index (χ1n) is 6.83. The predicted molar refractivity (Wildman–Crippen MR) is 81.6 cm³/mol. The van der Waals surface area contributed by atoms with Crippen LogP contribution in [-0.4, -0.2) is 16.4 Å². The van der Waals surface area contributed by atoms with Crippen LogP contribution in [0.5, 0.6) is 0 Å². The van der Waals surface area contributed by atoms with Crippen LogP contribution < -0.4 is 5.32 Å². The largest absolute Gasteiger partial charge is 0.419 e. The van der Waals surface area contributed by atoms with Crippen molar-refractivity contribution >= 4 is 33.3 Å². The highest BCUT2D eigenvalue weighted by Gasteiger charge is 2.39. The normalized spacial score (nSPS) is 26.7. The molecule has 118 valence electrons. The number of halogens is 5. The number of anilines is 1. The lowest BCUT2D eigenvalue weighted by atomic mass is 9.78. The van der Waals surface area contributed by atoms with Gasteiger partial charge in [0.2, 0.25) is 0 Å². The Morgan fingerprint density at radius 3 is 2.57 bits per heavy atom. The third-order valence-electron chi connectivity index (χ3n) is 4.03. The average molecular weight is 386 g/mol. The van der Waals surface area contributed by atoms with Crippen molar-refractivity contribution in [2.45, 2.75) is 44.3 Å². The minimum atomic E-state index is -4.45. The van der Waals surface area contributed by atoms with E-state index >= 15 is 0 Å². The van der Waals surface area contributed by atoms with Crippen molar-refractivity contribution in [1.29, 1.82) is 0 Å². The molecule has 0 bridgehead atoms. The van der Waals surface area contributed by atoms with Crippen molar-refractivity contribution < 1.29 is 13.2 Å². The van der Waals surface area contributed by atoms with Crippen molar-refractivity contribution in [3.05, 3.63) is 22.3 Å². The van der Waals surface area contributed by atoms with Gasteiger partial charge < -0.3 is 5.32 Å². The van der Waals surface area contributed by atoms with Crippen LogP contribution in [0.4, 0.5) is 19.0 Å². The molecule has 1 fully saturated rings. The Morgan fingerprint density at radius 1 is 1.43 bits per heavy atom. The fraction of sp³-hybridized carbons (Fsp3) is 0.643. The van der Waals surface area contributed by atoms with Crippen molar-refractivity contribution in [2.24, 2.45) is 5.92 Å². The minimum Gasteiger partial charge on any atom is -0.363 e. The van der Waals surface area contributed by atoms with Gasteiger partial charge >= 0.3 is 6.18 Å². The van der Waals surface area contributed by atoms with Crippen LogP contribution in [0, 0.1) is 5.92 Å². The number of pyridine rings is 1. The number of hydrogen-bond acceptors (Lipinski definition) is 2. The lowest BCUT2D eigenvalue weighted by Gasteiger charge is -2.39. The Hall–Kier alpha value is -0.490. The second-order valence-corrected chi connectivity index (χ2v) is 6.95. The summed E-state index contributed by atoms with van der Waals surface area (Å²) in [6.45, 7) is 2.15. The Kier molecular flexibility index (Phi) is 5.08. The van der Waals surface area contributed by atoms with E-state index in [2.05, 4.69) is 33.2 Å². The highest BCUT2D eigenvalue weighted by Crippen LogP contribution is 2.40. The fourth-order valence-electron chi connectivity index (χ4n) is 2.61. The Bertz CT molecular complexity index is 499. The molecule has 1 aliphatic carbocycles. The Labute approximate surface area is 135 Å². The number of rotatable bonds is 3. The first-order chi connectivity index (χ1) is 9.76. The first-order valence-corrected chi connectivity index (χ1v) is 8.15. The fourth-order valence-corrected chi connectivity index (χ4v) is 3.28. The molecular weight excluding hydrogens is 369 g/mol. The van der Waals surface area contributed by atoms with Crippen LogP contribution >= 0.6 is 27.5 Å². The Balaban J connectivity index is 2.30. The molecule has 0 spiro atoms. The molecule has 21 heavy (non-hydrogen) atoms. The molecule has 0 aromatic carbocycles. The van der Waals surface area contributed by atoms with E-state index in [1.54, 1.807) is 0 Å². The van der Waals surface area contributed by atoms with Gasteiger partial charge in [0, 0.05) is 16.5 Å². The monoisotopic (exact) mass is 384 g/mol. The van der Waals surface area contributed by atoms with Crippen LogP contribution in [0.3, 0.4) is 0 Å². The number of alkyl halides is 4. The molecule has 0 amide bonds. The van der Waals surface area contributed by atoms with E-state index in [0.29, 0.717) is 10.4 Å². The highest BCUT2D eigenvalue weighted by atomic mass is 79.9. The van der Waals surface area contributed by atoms with Gasteiger partial charge in [0.25, 0.3) is 0 Å². The minimum absolute atomic E-state index is 0.138. The van der Waals surface area contributed by atoms with Gasteiger partial charge in [0.1, 0.15) is 5.82 Å². The van der Waals surface area contributed by atoms with E-state index in [1.165, 1.54) is 6.20 Å². The summed E-state index contributed by atoms with van der Waals surface area (Å²) >= 11 is 9.09. The molecule has 1 N–H and O–H groups in total. The van der Waals surface area contributed by atoms with Crippen molar-refractivity contribution in [3.8, 4) is 0 Å². The zero-order chi connectivity index (χ0) is 15.7. The molecule has 7 heteroatoms. The predicted octanol–water partition coefficient (Wildman–Crippen LogP) is 5.46. The third-order valence-corrected chi connectivity index (χ3v) is 4.98. The van der Waals surface area contributed by atoms with Gasteiger partial charge in [0.05, 0.1) is 11.1 Å². The van der Waals surface area contributed by atoms with Gasteiger partial charge in [0.15, 0.2) is 0 Å². The maximum atomic E-state index is 13.1. The van der Waals surface area contributed by atoms with E-state index in [0.717, 1.165) is 31.7 Å². The zero-order valence-corrected chi connectivity index (χ0v) is 13.9. The van der Waals surface area contributed by atoms with Crippen LogP contribution in [-0.2, 0) is 6.18 Å². The molecule has 1 aromatic rings. The topological polar surface area (TPSA) is 24.9 Å². The average Bonchev–Trinajstić information content (AvgIpc) is 2.42. The van der Waals surface area contributed by atoms with Gasteiger partial charge in [-0.25, -0.2) is 4.98 Å². The molecular formula is C14H17BrClF3N2. The van der Waals surface area contributed by atoms with Gasteiger partial charge in [-0.3, -0.25) is 0 Å². The second-order valence-electron chi connectivity index (χ2n) is 5.77. The van der Waals surface area contributed by atoms with E-state index in [1.807, 2.05) is 0 Å². The summed E-state index contributed by atoms with van der Waals surface area (Å²) in [7, 11) is 0. The molecule has 2 nitrogen and oxygen atoms in total. The molecule has 0 unspecified atom stereocenters. The number of aromatic nitrogens is 1. The Morgan fingerprint density at radius 2 is 2.05 bits per heavy atom. The van der Waals surface area contributed by atoms with Gasteiger partial charge in [-0.1, -0.05) is 6.92 Å². The van der Waals surface area contributed by atoms with E-state index in [9.17, 15) is 13.2 Å². The molecule has 2 rings (SSSR count). The summed E-state index contributed by atoms with van der Waals surface area (Å²) in [6, 6.07) is 1.04. The standard InChI is InChI=1S/C14H17BrClF3N2/c1-9-2-4-13(8-16,5-3-9)21-12-11(14(17,18)19)6-10(15)7-20-12/h6-7,9H,2-5,8H2,1H3,(H,20,21). The molecule has 0 saturated heterocycles. The maximum absolute atomic E-state index is 13.1. The summed E-state index contributed by atoms with van der Waals surface area (Å²) in [5.74, 6) is 0.721. The summed E-state index contributed by atoms with van der Waals surface area (Å²) < 4.78 is 39.7. The lowest BCUT2D eigenvalue weighted by molar-refractivity contribution is -0.137. The highest BCUT2D eigenvalue weighted by molar-refractivity contribution is 9.10. The molecule has 0 aliphatic heterocycles. The van der Waals surface area contributed by atoms with E-state index in [-0.39, 0.29) is 11.7 Å². The molecule has 1 heterocycles. The lowest BCUT2D eigenvalue weighted by Crippen LogP contribution is -2.44. The van der Waals surface area contributed by atoms with Crippen molar-refractivity contribution in [3.63, 3.8) is 0 Å². The first kappa shape index (κ1) is 16.9. The van der Waals surface area contributed by atoms with Gasteiger partial charge in [-0.15, -0.1) is 11.6 Å². The van der Waals surface area contributed by atoms with Crippen molar-refractivity contribution in [1.82, 2.24) is 4.98 Å². The number of hydrogen-bond donors (Lipinski definition) is 1. The summed E-state index contributed by atoms with van der Waals surface area (Å²) in [5.41, 5.74) is -1.27. The van der Waals surface area contributed by atoms with Gasteiger partial charge in [-0.05, 0) is 53.6 Å². The van der Waals surface area contributed by atoms with E-state index in [4.69, 9.17) is 11.6 Å². The summed E-state index contributed by atoms with van der Waals surface area (Å²) in [5, 5.41) is 2.98. The zero-order valence-electron chi connectivity index (χ0n) is 11.6.